The van der Waals surface area contributed by atoms with Gasteiger partial charge < -0.3 is 9.47 Å². The quantitative estimate of drug-likeness (QED) is 0.790. The second kappa shape index (κ2) is 6.02. The Morgan fingerprint density at radius 1 is 1.11 bits per heavy atom. The van der Waals surface area contributed by atoms with Crippen LogP contribution >= 0.6 is 0 Å². The van der Waals surface area contributed by atoms with Crippen LogP contribution in [0.3, 0.4) is 0 Å². The molecule has 0 aliphatic carbocycles. The fourth-order valence-corrected chi connectivity index (χ4v) is 5.72. The van der Waals surface area contributed by atoms with Gasteiger partial charge in [-0.1, -0.05) is 6.42 Å². The van der Waals surface area contributed by atoms with E-state index in [1.54, 1.807) is 0 Å². The summed E-state index contributed by atoms with van der Waals surface area (Å²) < 4.78 is 22.8. The highest BCUT2D eigenvalue weighted by atomic mass is 32.2. The van der Waals surface area contributed by atoms with Gasteiger partial charge in [0.15, 0.2) is 6.29 Å². The first-order valence-electron chi connectivity index (χ1n) is 7.39. The zero-order valence-electron chi connectivity index (χ0n) is 11.2. The standard InChI is InChI=1S/C14H22O4S/c15-13(4-5-14-17-6-7-18-14)10-8-11-2-1-3-12(9-10)19(11)16/h10-12,14H,1-9H2. The third-order valence-electron chi connectivity index (χ3n) is 4.58. The molecule has 108 valence electrons. The van der Waals surface area contributed by atoms with Gasteiger partial charge in [-0.3, -0.25) is 9.00 Å². The van der Waals surface area contributed by atoms with E-state index in [1.165, 1.54) is 6.42 Å². The van der Waals surface area contributed by atoms with Gasteiger partial charge in [-0.25, -0.2) is 0 Å². The molecule has 0 aromatic rings. The Kier molecular flexibility index (Phi) is 4.34. The zero-order valence-corrected chi connectivity index (χ0v) is 12.0. The molecule has 19 heavy (non-hydrogen) atoms. The van der Waals surface area contributed by atoms with Gasteiger partial charge in [-0.15, -0.1) is 0 Å². The number of ketones is 1. The SMILES string of the molecule is O=C(CCC1OCCO1)C1CC2CCCC(C1)S2=O. The third kappa shape index (κ3) is 3.09. The Hall–Kier alpha value is -0.260. The predicted octanol–water partition coefficient (Wildman–Crippen LogP) is 1.79. The van der Waals surface area contributed by atoms with E-state index in [0.717, 1.165) is 25.7 Å². The van der Waals surface area contributed by atoms with E-state index < -0.39 is 10.8 Å². The van der Waals surface area contributed by atoms with Crippen molar-refractivity contribution in [1.29, 1.82) is 0 Å². The van der Waals surface area contributed by atoms with Crippen LogP contribution in [-0.2, 0) is 25.1 Å². The van der Waals surface area contributed by atoms with Crippen molar-refractivity contribution >= 4 is 16.6 Å². The van der Waals surface area contributed by atoms with E-state index in [9.17, 15) is 9.00 Å². The Morgan fingerprint density at radius 2 is 1.74 bits per heavy atom. The Morgan fingerprint density at radius 3 is 2.37 bits per heavy atom. The molecule has 2 unspecified atom stereocenters. The maximum absolute atomic E-state index is 12.3. The summed E-state index contributed by atoms with van der Waals surface area (Å²) in [4.78, 5) is 12.3. The molecule has 0 aromatic carbocycles. The van der Waals surface area contributed by atoms with E-state index in [4.69, 9.17) is 9.47 Å². The largest absolute Gasteiger partial charge is 0.350 e. The molecule has 0 spiro atoms. The van der Waals surface area contributed by atoms with Crippen molar-refractivity contribution in [1.82, 2.24) is 0 Å². The minimum absolute atomic E-state index is 0.134. The molecule has 3 aliphatic heterocycles. The lowest BCUT2D eigenvalue weighted by atomic mass is 9.85. The smallest absolute Gasteiger partial charge is 0.158 e. The van der Waals surface area contributed by atoms with Crippen LogP contribution in [0.4, 0.5) is 0 Å². The van der Waals surface area contributed by atoms with Gasteiger partial charge in [-0.2, -0.15) is 0 Å². The first-order valence-corrected chi connectivity index (χ1v) is 8.67. The third-order valence-corrected chi connectivity index (χ3v) is 6.75. The van der Waals surface area contributed by atoms with Crippen LogP contribution in [0.25, 0.3) is 0 Å². The van der Waals surface area contributed by atoms with Gasteiger partial charge in [0, 0.05) is 40.1 Å². The van der Waals surface area contributed by atoms with Gasteiger partial charge in [0.25, 0.3) is 0 Å². The van der Waals surface area contributed by atoms with Crippen LogP contribution in [0, 0.1) is 5.92 Å². The lowest BCUT2D eigenvalue weighted by molar-refractivity contribution is -0.126. The van der Waals surface area contributed by atoms with Gasteiger partial charge in [0.05, 0.1) is 13.2 Å². The highest BCUT2D eigenvalue weighted by Crippen LogP contribution is 2.37. The summed E-state index contributed by atoms with van der Waals surface area (Å²) in [7, 11) is -0.681. The van der Waals surface area contributed by atoms with Gasteiger partial charge in [0.1, 0.15) is 5.78 Å². The first kappa shape index (κ1) is 13.7. The summed E-state index contributed by atoms with van der Waals surface area (Å²) in [6, 6.07) is 0. The number of Topliss-reactive ketones (excluding diaryl/α,β-unsaturated/α-hetero) is 1. The zero-order chi connectivity index (χ0) is 13.2. The van der Waals surface area contributed by atoms with Crippen molar-refractivity contribution < 1.29 is 18.5 Å². The van der Waals surface area contributed by atoms with E-state index in [1.807, 2.05) is 0 Å². The molecule has 3 fully saturated rings. The average Bonchev–Trinajstić information content (AvgIpc) is 2.88. The number of hydrogen-bond acceptors (Lipinski definition) is 4. The van der Waals surface area contributed by atoms with Crippen LogP contribution in [0.1, 0.15) is 44.9 Å². The molecule has 0 amide bonds. The average molecular weight is 286 g/mol. The Balaban J connectivity index is 1.51. The van der Waals surface area contributed by atoms with Crippen molar-refractivity contribution in [2.75, 3.05) is 13.2 Å². The Bertz CT molecular complexity index is 348. The van der Waals surface area contributed by atoms with Crippen LogP contribution in [0.5, 0.6) is 0 Å². The summed E-state index contributed by atoms with van der Waals surface area (Å²) in [5.41, 5.74) is 0. The summed E-state index contributed by atoms with van der Waals surface area (Å²) in [5, 5.41) is 0.556. The maximum atomic E-state index is 12.3. The van der Waals surface area contributed by atoms with Crippen molar-refractivity contribution in [2.45, 2.75) is 61.7 Å². The molecule has 0 N–H and O–H groups in total. The second-order valence-corrected chi connectivity index (χ2v) is 7.84. The van der Waals surface area contributed by atoms with Gasteiger partial charge in [0.2, 0.25) is 0 Å². The molecule has 3 heterocycles. The second-order valence-electron chi connectivity index (χ2n) is 5.85. The lowest BCUT2D eigenvalue weighted by Gasteiger charge is -2.37. The molecular formula is C14H22O4S. The number of carbonyl (C=O) groups is 1. The number of carbonyl (C=O) groups excluding carboxylic acids is 1. The number of fused-ring (bicyclic) bond motifs is 2. The van der Waals surface area contributed by atoms with Crippen LogP contribution < -0.4 is 0 Å². The fraction of sp³-hybridized carbons (Fsp3) is 0.929. The van der Waals surface area contributed by atoms with Gasteiger partial charge in [-0.05, 0) is 25.7 Å². The normalized spacial score (nSPS) is 39.4. The minimum atomic E-state index is -0.681. The summed E-state index contributed by atoms with van der Waals surface area (Å²) >= 11 is 0. The molecular weight excluding hydrogens is 264 g/mol. The van der Waals surface area contributed by atoms with Crippen molar-refractivity contribution in [3.05, 3.63) is 0 Å². The molecule has 3 aliphatic rings. The predicted molar refractivity (Wildman–Crippen MR) is 72.2 cm³/mol. The van der Waals surface area contributed by atoms with Gasteiger partial charge >= 0.3 is 0 Å². The van der Waals surface area contributed by atoms with Crippen LogP contribution in [0.15, 0.2) is 0 Å². The van der Waals surface area contributed by atoms with E-state index in [-0.39, 0.29) is 22.7 Å². The summed E-state index contributed by atoms with van der Waals surface area (Å²) in [6.45, 7) is 1.29. The molecule has 0 radical (unpaired) electrons. The van der Waals surface area contributed by atoms with Crippen molar-refractivity contribution in [3.8, 4) is 0 Å². The Labute approximate surface area is 116 Å². The first-order chi connectivity index (χ1) is 9.24. The summed E-state index contributed by atoms with van der Waals surface area (Å²) in [5.74, 6) is 0.460. The summed E-state index contributed by atoms with van der Waals surface area (Å²) in [6.07, 6.45) is 5.99. The molecule has 3 saturated heterocycles. The van der Waals surface area contributed by atoms with E-state index in [2.05, 4.69) is 0 Å². The molecule has 4 nitrogen and oxygen atoms in total. The molecule has 2 atom stereocenters. The molecule has 3 rings (SSSR count). The molecule has 0 saturated carbocycles. The van der Waals surface area contributed by atoms with Crippen LogP contribution in [0.2, 0.25) is 0 Å². The van der Waals surface area contributed by atoms with E-state index >= 15 is 0 Å². The van der Waals surface area contributed by atoms with E-state index in [0.29, 0.717) is 31.8 Å². The lowest BCUT2D eigenvalue weighted by Crippen LogP contribution is -2.41. The number of ether oxygens (including phenoxy) is 2. The highest BCUT2D eigenvalue weighted by molar-refractivity contribution is 7.86. The fourth-order valence-electron chi connectivity index (χ4n) is 3.53. The molecule has 0 aromatic heterocycles. The number of rotatable bonds is 4. The van der Waals surface area contributed by atoms with Crippen LogP contribution in [-0.4, -0.2) is 40.0 Å². The minimum Gasteiger partial charge on any atom is -0.350 e. The van der Waals surface area contributed by atoms with Crippen molar-refractivity contribution in [3.63, 3.8) is 0 Å². The topological polar surface area (TPSA) is 52.6 Å². The number of hydrogen-bond donors (Lipinski definition) is 0. The monoisotopic (exact) mass is 286 g/mol. The van der Waals surface area contributed by atoms with Crippen molar-refractivity contribution in [2.24, 2.45) is 5.92 Å². The highest BCUT2D eigenvalue weighted by Gasteiger charge is 2.40. The molecule has 2 bridgehead atoms. The molecule has 5 heteroatoms. The maximum Gasteiger partial charge on any atom is 0.158 e.